The van der Waals surface area contributed by atoms with Crippen molar-refractivity contribution in [3.63, 3.8) is 0 Å². The van der Waals surface area contributed by atoms with Crippen molar-refractivity contribution in [1.29, 1.82) is 5.26 Å². The van der Waals surface area contributed by atoms with E-state index in [0.29, 0.717) is 12.2 Å². The third-order valence-electron chi connectivity index (χ3n) is 3.06. The van der Waals surface area contributed by atoms with E-state index >= 15 is 0 Å². The largest absolute Gasteiger partial charge is 0.383 e. The van der Waals surface area contributed by atoms with Crippen molar-refractivity contribution >= 4 is 5.69 Å². The van der Waals surface area contributed by atoms with Crippen LogP contribution in [0.4, 0.5) is 5.69 Å². The van der Waals surface area contributed by atoms with Gasteiger partial charge in [-0.15, -0.1) is 0 Å². The van der Waals surface area contributed by atoms with Crippen LogP contribution >= 0.6 is 0 Å². The summed E-state index contributed by atoms with van der Waals surface area (Å²) in [7, 11) is 1.67. The van der Waals surface area contributed by atoms with E-state index in [0.717, 1.165) is 17.8 Å². The molecule has 0 saturated carbocycles. The number of anilines is 1. The van der Waals surface area contributed by atoms with Gasteiger partial charge in [0.2, 0.25) is 0 Å². The molecule has 1 heterocycles. The van der Waals surface area contributed by atoms with E-state index in [2.05, 4.69) is 23.4 Å². The van der Waals surface area contributed by atoms with E-state index in [4.69, 9.17) is 10.00 Å². The van der Waals surface area contributed by atoms with Gasteiger partial charge in [-0.1, -0.05) is 12.1 Å². The Morgan fingerprint density at radius 2 is 2.35 bits per heavy atom. The predicted octanol–water partition coefficient (Wildman–Crippen LogP) is 2.57. The summed E-state index contributed by atoms with van der Waals surface area (Å²) in [6.45, 7) is 3.43. The van der Waals surface area contributed by atoms with Crippen LogP contribution in [0.25, 0.3) is 0 Å². The molecule has 20 heavy (non-hydrogen) atoms. The lowest BCUT2D eigenvalue weighted by Crippen LogP contribution is -2.07. The SMILES string of the molecule is COCCn1cc(NC(C)c2cccc(C#N)c2)cn1. The molecule has 0 amide bonds. The first-order valence-corrected chi connectivity index (χ1v) is 6.51. The predicted molar refractivity (Wildman–Crippen MR) is 77.3 cm³/mol. The summed E-state index contributed by atoms with van der Waals surface area (Å²) in [4.78, 5) is 0. The molecule has 0 aliphatic heterocycles. The molecule has 1 N–H and O–H groups in total. The van der Waals surface area contributed by atoms with Gasteiger partial charge >= 0.3 is 0 Å². The van der Waals surface area contributed by atoms with Gasteiger partial charge in [0.15, 0.2) is 0 Å². The number of ether oxygens (including phenoxy) is 1. The van der Waals surface area contributed by atoms with Crippen molar-refractivity contribution in [2.24, 2.45) is 0 Å². The number of aromatic nitrogens is 2. The molecule has 0 fully saturated rings. The third kappa shape index (κ3) is 3.59. The molecule has 0 aliphatic carbocycles. The second-order valence-electron chi connectivity index (χ2n) is 4.59. The molecule has 1 aromatic carbocycles. The standard InChI is InChI=1S/C15H18N4O/c1-12(14-5-3-4-13(8-14)9-16)18-15-10-17-19(11-15)6-7-20-2/h3-5,8,10-12,18H,6-7H2,1-2H3. The van der Waals surface area contributed by atoms with Crippen LogP contribution in [0.1, 0.15) is 24.1 Å². The average molecular weight is 270 g/mol. The number of rotatable bonds is 6. The Balaban J connectivity index is 2.01. The van der Waals surface area contributed by atoms with Crippen molar-refractivity contribution in [3.8, 4) is 6.07 Å². The van der Waals surface area contributed by atoms with Gasteiger partial charge < -0.3 is 10.1 Å². The van der Waals surface area contributed by atoms with Crippen molar-refractivity contribution in [1.82, 2.24) is 9.78 Å². The number of hydrogen-bond donors (Lipinski definition) is 1. The highest BCUT2D eigenvalue weighted by molar-refractivity contribution is 5.43. The highest BCUT2D eigenvalue weighted by Crippen LogP contribution is 2.19. The number of nitrogens with zero attached hydrogens (tertiary/aromatic N) is 3. The van der Waals surface area contributed by atoms with E-state index < -0.39 is 0 Å². The van der Waals surface area contributed by atoms with Crippen molar-refractivity contribution in [2.75, 3.05) is 19.0 Å². The van der Waals surface area contributed by atoms with Crippen molar-refractivity contribution < 1.29 is 4.74 Å². The zero-order valence-corrected chi connectivity index (χ0v) is 11.7. The molecule has 0 radical (unpaired) electrons. The first-order valence-electron chi connectivity index (χ1n) is 6.51. The van der Waals surface area contributed by atoms with Crippen LogP contribution in [0.2, 0.25) is 0 Å². The van der Waals surface area contributed by atoms with E-state index in [9.17, 15) is 0 Å². The van der Waals surface area contributed by atoms with Gasteiger partial charge in [0.25, 0.3) is 0 Å². The molecule has 0 aliphatic rings. The van der Waals surface area contributed by atoms with Crippen molar-refractivity contribution in [3.05, 3.63) is 47.8 Å². The van der Waals surface area contributed by atoms with E-state index in [1.54, 1.807) is 19.4 Å². The molecule has 2 aromatic rings. The molecule has 0 saturated heterocycles. The smallest absolute Gasteiger partial charge is 0.0991 e. The molecular formula is C15H18N4O. The molecule has 1 unspecified atom stereocenters. The Kier molecular flexibility index (Phi) is 4.75. The van der Waals surface area contributed by atoms with Gasteiger partial charge in [-0.3, -0.25) is 4.68 Å². The molecule has 0 bridgehead atoms. The lowest BCUT2D eigenvalue weighted by Gasteiger charge is -2.14. The van der Waals surface area contributed by atoms with E-state index in [-0.39, 0.29) is 6.04 Å². The summed E-state index contributed by atoms with van der Waals surface area (Å²) < 4.78 is 6.86. The second kappa shape index (κ2) is 6.73. The fourth-order valence-corrected chi connectivity index (χ4v) is 1.96. The zero-order chi connectivity index (χ0) is 14.4. The summed E-state index contributed by atoms with van der Waals surface area (Å²) in [5.41, 5.74) is 2.71. The quantitative estimate of drug-likeness (QED) is 0.876. The summed E-state index contributed by atoms with van der Waals surface area (Å²) in [6.07, 6.45) is 3.74. The van der Waals surface area contributed by atoms with Crippen LogP contribution in [0.15, 0.2) is 36.7 Å². The lowest BCUT2D eigenvalue weighted by atomic mass is 10.1. The van der Waals surface area contributed by atoms with Gasteiger partial charge in [0, 0.05) is 19.3 Å². The van der Waals surface area contributed by atoms with Crippen LogP contribution < -0.4 is 5.32 Å². The van der Waals surface area contributed by atoms with E-state index in [1.807, 2.05) is 29.1 Å². The average Bonchev–Trinajstić information content (AvgIpc) is 2.92. The second-order valence-corrected chi connectivity index (χ2v) is 4.59. The van der Waals surface area contributed by atoms with Crippen LogP contribution in [0.3, 0.4) is 0 Å². The van der Waals surface area contributed by atoms with Gasteiger partial charge in [0.05, 0.1) is 36.7 Å². The number of nitrogens with one attached hydrogen (secondary N) is 1. The Labute approximate surface area is 118 Å². The van der Waals surface area contributed by atoms with Crippen molar-refractivity contribution in [2.45, 2.75) is 19.5 Å². The molecule has 104 valence electrons. The number of benzene rings is 1. The lowest BCUT2D eigenvalue weighted by molar-refractivity contribution is 0.183. The highest BCUT2D eigenvalue weighted by Gasteiger charge is 2.07. The molecule has 0 spiro atoms. The minimum absolute atomic E-state index is 0.114. The highest BCUT2D eigenvalue weighted by atomic mass is 16.5. The minimum atomic E-state index is 0.114. The molecule has 5 nitrogen and oxygen atoms in total. The van der Waals surface area contributed by atoms with Gasteiger partial charge in [-0.2, -0.15) is 10.4 Å². The zero-order valence-electron chi connectivity index (χ0n) is 11.7. The molecular weight excluding hydrogens is 252 g/mol. The summed E-state index contributed by atoms with van der Waals surface area (Å²) in [6, 6.07) is 9.87. The van der Waals surface area contributed by atoms with Gasteiger partial charge in [-0.05, 0) is 24.6 Å². The third-order valence-corrected chi connectivity index (χ3v) is 3.06. The van der Waals surface area contributed by atoms with Gasteiger partial charge in [-0.25, -0.2) is 0 Å². The van der Waals surface area contributed by atoms with Crippen LogP contribution in [-0.4, -0.2) is 23.5 Å². The summed E-state index contributed by atoms with van der Waals surface area (Å²) in [5.74, 6) is 0. The number of methoxy groups -OCH3 is 1. The maximum atomic E-state index is 8.92. The Morgan fingerprint density at radius 1 is 1.50 bits per heavy atom. The molecule has 2 rings (SSSR count). The maximum absolute atomic E-state index is 8.92. The minimum Gasteiger partial charge on any atom is -0.383 e. The fourth-order valence-electron chi connectivity index (χ4n) is 1.96. The number of hydrogen-bond acceptors (Lipinski definition) is 4. The first-order chi connectivity index (χ1) is 9.72. The maximum Gasteiger partial charge on any atom is 0.0991 e. The summed E-state index contributed by atoms with van der Waals surface area (Å²) in [5, 5.41) is 16.6. The van der Waals surface area contributed by atoms with E-state index in [1.165, 1.54) is 0 Å². The van der Waals surface area contributed by atoms with Gasteiger partial charge in [0.1, 0.15) is 0 Å². The molecule has 5 heteroatoms. The van der Waals surface area contributed by atoms with Crippen LogP contribution in [0, 0.1) is 11.3 Å². The first kappa shape index (κ1) is 14.1. The Hall–Kier alpha value is -2.32. The van der Waals surface area contributed by atoms with Crippen LogP contribution in [0.5, 0.6) is 0 Å². The molecule has 1 atom stereocenters. The monoisotopic (exact) mass is 270 g/mol. The molecule has 1 aromatic heterocycles. The Bertz CT molecular complexity index is 600. The number of nitriles is 1. The Morgan fingerprint density at radius 3 is 3.10 bits per heavy atom. The van der Waals surface area contributed by atoms with Crippen LogP contribution in [-0.2, 0) is 11.3 Å². The normalized spacial score (nSPS) is 11.8. The fraction of sp³-hybridized carbons (Fsp3) is 0.333. The summed E-state index contributed by atoms with van der Waals surface area (Å²) >= 11 is 0. The topological polar surface area (TPSA) is 62.9 Å².